The summed E-state index contributed by atoms with van der Waals surface area (Å²) in [6.45, 7) is 2.18. The Morgan fingerprint density at radius 2 is 1.93 bits per heavy atom. The third-order valence-electron chi connectivity index (χ3n) is 4.52. The molecule has 154 valence electrons. The number of nitrogens with one attached hydrogen (secondary N) is 2. The van der Waals surface area contributed by atoms with Gasteiger partial charge in [0.05, 0.1) is 6.26 Å². The lowest BCUT2D eigenvalue weighted by molar-refractivity contribution is 0.275. The number of hydrogen-bond donors (Lipinski definition) is 2. The van der Waals surface area contributed by atoms with Gasteiger partial charge in [-0.15, -0.1) is 24.0 Å². The highest BCUT2D eigenvalue weighted by molar-refractivity contribution is 14.0. The molecule has 0 bridgehead atoms. The van der Waals surface area contributed by atoms with E-state index in [1.165, 1.54) is 16.6 Å². The molecule has 0 atom stereocenters. The van der Waals surface area contributed by atoms with Crippen molar-refractivity contribution in [3.05, 3.63) is 35.4 Å². The molecule has 0 aromatic heterocycles. The largest absolute Gasteiger partial charge is 0.356 e. The maximum atomic E-state index is 13.6. The Morgan fingerprint density at radius 1 is 1.26 bits per heavy atom. The van der Waals surface area contributed by atoms with Crippen LogP contribution in [0.4, 0.5) is 8.78 Å². The maximum Gasteiger partial charge on any atom is 0.211 e. The Balaban J connectivity index is 0.00000364. The smallest absolute Gasteiger partial charge is 0.211 e. The van der Waals surface area contributed by atoms with Crippen molar-refractivity contribution in [2.24, 2.45) is 10.9 Å². The molecule has 0 aliphatic carbocycles. The average Bonchev–Trinajstić information content (AvgIpc) is 2.60. The molecule has 1 fully saturated rings. The van der Waals surface area contributed by atoms with Crippen LogP contribution < -0.4 is 10.6 Å². The first-order chi connectivity index (χ1) is 12.3. The Bertz CT molecular complexity index is 738. The molecule has 1 aromatic carbocycles. The second-order valence-electron chi connectivity index (χ2n) is 6.47. The van der Waals surface area contributed by atoms with Crippen molar-refractivity contribution >= 4 is 40.0 Å². The van der Waals surface area contributed by atoms with E-state index in [4.69, 9.17) is 0 Å². The molecule has 0 saturated carbocycles. The molecule has 6 nitrogen and oxygen atoms in total. The average molecular weight is 516 g/mol. The van der Waals surface area contributed by atoms with E-state index in [-0.39, 0.29) is 24.0 Å². The number of halogens is 3. The van der Waals surface area contributed by atoms with Crippen molar-refractivity contribution in [3.63, 3.8) is 0 Å². The van der Waals surface area contributed by atoms with Gasteiger partial charge in [0.15, 0.2) is 5.96 Å². The molecular weight excluding hydrogens is 489 g/mol. The summed E-state index contributed by atoms with van der Waals surface area (Å²) in [6, 6.07) is 3.42. The number of aliphatic imine (C=N–C) groups is 1. The molecule has 2 N–H and O–H groups in total. The van der Waals surface area contributed by atoms with Gasteiger partial charge in [0.1, 0.15) is 11.6 Å². The summed E-state index contributed by atoms with van der Waals surface area (Å²) in [6.07, 6.45) is 3.17. The van der Waals surface area contributed by atoms with Crippen LogP contribution in [0.15, 0.2) is 23.2 Å². The SMILES string of the molecule is CN=C(NCCc1cc(F)ccc1F)NCC1CCN(S(C)(=O)=O)CC1.I. The van der Waals surface area contributed by atoms with Crippen LogP contribution in [0.2, 0.25) is 0 Å². The van der Waals surface area contributed by atoms with E-state index >= 15 is 0 Å². The summed E-state index contributed by atoms with van der Waals surface area (Å²) in [7, 11) is -1.47. The number of rotatable bonds is 6. The van der Waals surface area contributed by atoms with E-state index in [1.54, 1.807) is 7.05 Å². The predicted molar refractivity (Wildman–Crippen MR) is 114 cm³/mol. The van der Waals surface area contributed by atoms with E-state index in [9.17, 15) is 17.2 Å². The highest BCUT2D eigenvalue weighted by Crippen LogP contribution is 2.18. The third-order valence-corrected chi connectivity index (χ3v) is 5.82. The Kier molecular flexibility index (Phi) is 9.88. The number of benzene rings is 1. The van der Waals surface area contributed by atoms with Crippen LogP contribution in [0, 0.1) is 17.6 Å². The highest BCUT2D eigenvalue weighted by Gasteiger charge is 2.24. The molecule has 10 heteroatoms. The van der Waals surface area contributed by atoms with Crippen molar-refractivity contribution in [2.45, 2.75) is 19.3 Å². The van der Waals surface area contributed by atoms with Crippen LogP contribution in [0.5, 0.6) is 0 Å². The van der Waals surface area contributed by atoms with Crippen molar-refractivity contribution in [2.75, 3.05) is 39.5 Å². The molecule has 0 spiro atoms. The number of piperidine rings is 1. The second kappa shape index (κ2) is 11.1. The fourth-order valence-electron chi connectivity index (χ4n) is 2.96. The van der Waals surface area contributed by atoms with E-state index < -0.39 is 21.7 Å². The third kappa shape index (κ3) is 7.86. The van der Waals surface area contributed by atoms with Gasteiger partial charge in [0, 0.05) is 33.2 Å². The van der Waals surface area contributed by atoms with Crippen molar-refractivity contribution in [1.82, 2.24) is 14.9 Å². The number of guanidine groups is 1. The van der Waals surface area contributed by atoms with Crippen LogP contribution >= 0.6 is 24.0 Å². The minimum Gasteiger partial charge on any atom is -0.356 e. The summed E-state index contributed by atoms with van der Waals surface area (Å²) in [5, 5.41) is 6.29. The minimum atomic E-state index is -3.11. The number of sulfonamides is 1. The van der Waals surface area contributed by atoms with Crippen LogP contribution in [0.1, 0.15) is 18.4 Å². The van der Waals surface area contributed by atoms with Gasteiger partial charge in [-0.05, 0) is 48.9 Å². The van der Waals surface area contributed by atoms with Gasteiger partial charge in [-0.2, -0.15) is 0 Å². The highest BCUT2D eigenvalue weighted by atomic mass is 127. The fourth-order valence-corrected chi connectivity index (χ4v) is 3.83. The lowest BCUT2D eigenvalue weighted by Gasteiger charge is -2.30. The first kappa shape index (κ1) is 24.0. The Morgan fingerprint density at radius 3 is 2.52 bits per heavy atom. The zero-order valence-electron chi connectivity index (χ0n) is 15.5. The number of hydrogen-bond acceptors (Lipinski definition) is 3. The van der Waals surface area contributed by atoms with E-state index in [0.717, 1.165) is 25.0 Å². The number of nitrogens with zero attached hydrogens (tertiary/aromatic N) is 2. The minimum absolute atomic E-state index is 0. The summed E-state index contributed by atoms with van der Waals surface area (Å²) < 4.78 is 51.3. The molecule has 0 amide bonds. The second-order valence-corrected chi connectivity index (χ2v) is 8.45. The molecule has 2 rings (SSSR count). The van der Waals surface area contributed by atoms with Gasteiger partial charge in [0.25, 0.3) is 0 Å². The van der Waals surface area contributed by atoms with Crippen molar-refractivity contribution in [1.29, 1.82) is 0 Å². The standard InChI is InChI=1S/C17H26F2N4O2S.HI/c1-20-17(21-8-5-14-11-15(18)3-4-16(14)19)22-12-13-6-9-23(10-7-13)26(2,24)25;/h3-4,11,13H,5-10,12H2,1-2H3,(H2,20,21,22);1H. The molecular formula is C17H27F2IN4O2S. The van der Waals surface area contributed by atoms with Gasteiger partial charge in [-0.3, -0.25) is 4.99 Å². The van der Waals surface area contributed by atoms with Crippen LogP contribution in [0.25, 0.3) is 0 Å². The van der Waals surface area contributed by atoms with Crippen LogP contribution in [0.3, 0.4) is 0 Å². The first-order valence-electron chi connectivity index (χ1n) is 8.63. The molecule has 0 unspecified atom stereocenters. The fraction of sp³-hybridized carbons (Fsp3) is 0.588. The molecule has 1 aliphatic heterocycles. The quantitative estimate of drug-likeness (QED) is 0.345. The Labute approximate surface area is 176 Å². The normalized spacial score (nSPS) is 16.7. The van der Waals surface area contributed by atoms with Gasteiger partial charge in [0.2, 0.25) is 10.0 Å². The lowest BCUT2D eigenvalue weighted by Crippen LogP contribution is -2.44. The molecule has 1 heterocycles. The van der Waals surface area contributed by atoms with Crippen LogP contribution in [-0.2, 0) is 16.4 Å². The summed E-state index contributed by atoms with van der Waals surface area (Å²) >= 11 is 0. The monoisotopic (exact) mass is 516 g/mol. The summed E-state index contributed by atoms with van der Waals surface area (Å²) in [4.78, 5) is 4.12. The molecule has 1 aromatic rings. The lowest BCUT2D eigenvalue weighted by atomic mass is 9.98. The summed E-state index contributed by atoms with van der Waals surface area (Å²) in [5.74, 6) is 0.0812. The topological polar surface area (TPSA) is 73.8 Å². The van der Waals surface area contributed by atoms with Gasteiger partial charge < -0.3 is 10.6 Å². The van der Waals surface area contributed by atoms with Crippen LogP contribution in [-0.4, -0.2) is 58.2 Å². The predicted octanol–water partition coefficient (Wildman–Crippen LogP) is 1.96. The zero-order chi connectivity index (χ0) is 19.2. The first-order valence-corrected chi connectivity index (χ1v) is 10.5. The Hall–Kier alpha value is -1.01. The molecule has 1 aliphatic rings. The van der Waals surface area contributed by atoms with Crippen molar-refractivity contribution in [3.8, 4) is 0 Å². The molecule has 27 heavy (non-hydrogen) atoms. The van der Waals surface area contributed by atoms with Gasteiger partial charge in [-0.25, -0.2) is 21.5 Å². The zero-order valence-corrected chi connectivity index (χ0v) is 18.7. The van der Waals surface area contributed by atoms with E-state index in [1.807, 2.05) is 0 Å². The van der Waals surface area contributed by atoms with E-state index in [0.29, 0.717) is 50.0 Å². The van der Waals surface area contributed by atoms with Crippen molar-refractivity contribution < 1.29 is 17.2 Å². The maximum absolute atomic E-state index is 13.6. The van der Waals surface area contributed by atoms with Gasteiger partial charge >= 0.3 is 0 Å². The summed E-state index contributed by atoms with van der Waals surface area (Å²) in [5.41, 5.74) is 0.320. The molecule has 0 radical (unpaired) electrons. The van der Waals surface area contributed by atoms with Gasteiger partial charge in [-0.1, -0.05) is 0 Å². The molecule has 1 saturated heterocycles. The van der Waals surface area contributed by atoms with E-state index in [2.05, 4.69) is 15.6 Å².